The number of halogens is 1. The lowest BCUT2D eigenvalue weighted by Gasteiger charge is -2.42. The zero-order chi connectivity index (χ0) is 19.9. The largest absolute Gasteiger partial charge is 0.379 e. The van der Waals surface area contributed by atoms with E-state index in [1.165, 1.54) is 17.9 Å². The van der Waals surface area contributed by atoms with Crippen molar-refractivity contribution in [3.8, 4) is 0 Å². The summed E-state index contributed by atoms with van der Waals surface area (Å²) in [6.45, 7) is 12.6. The van der Waals surface area contributed by atoms with E-state index in [9.17, 15) is 0 Å². The summed E-state index contributed by atoms with van der Waals surface area (Å²) in [5, 5.41) is 7.57. The Kier molecular flexibility index (Phi) is 9.55. The highest BCUT2D eigenvalue weighted by Crippen LogP contribution is 2.34. The number of morpholine rings is 1. The molecule has 1 aromatic heterocycles. The van der Waals surface area contributed by atoms with Crippen molar-refractivity contribution in [3.05, 3.63) is 18.0 Å². The topological polar surface area (TPSA) is 69.4 Å². The molecular formula is C20H35IN6O2S. The molecule has 0 amide bonds. The van der Waals surface area contributed by atoms with Crippen LogP contribution < -0.4 is 5.32 Å². The maximum Gasteiger partial charge on any atom is 0.194 e. The number of guanidine groups is 1. The Morgan fingerprint density at radius 1 is 1.23 bits per heavy atom. The van der Waals surface area contributed by atoms with Crippen molar-refractivity contribution in [3.63, 3.8) is 0 Å². The summed E-state index contributed by atoms with van der Waals surface area (Å²) >= 11 is 2.07. The van der Waals surface area contributed by atoms with Gasteiger partial charge in [-0.05, 0) is 19.1 Å². The highest BCUT2D eigenvalue weighted by molar-refractivity contribution is 14.0. The summed E-state index contributed by atoms with van der Waals surface area (Å²) in [5.74, 6) is 3.49. The Morgan fingerprint density at radius 2 is 2.03 bits per heavy atom. The van der Waals surface area contributed by atoms with Crippen LogP contribution in [0.4, 0.5) is 0 Å². The zero-order valence-electron chi connectivity index (χ0n) is 17.9. The van der Waals surface area contributed by atoms with E-state index < -0.39 is 0 Å². The molecule has 0 radical (unpaired) electrons. The van der Waals surface area contributed by atoms with E-state index in [2.05, 4.69) is 43.9 Å². The molecule has 1 aromatic rings. The van der Waals surface area contributed by atoms with Crippen LogP contribution in [0.3, 0.4) is 0 Å². The molecular weight excluding hydrogens is 515 g/mol. The van der Waals surface area contributed by atoms with Gasteiger partial charge in [0.25, 0.3) is 0 Å². The smallest absolute Gasteiger partial charge is 0.194 e. The summed E-state index contributed by atoms with van der Waals surface area (Å²) < 4.78 is 10.5. The van der Waals surface area contributed by atoms with Gasteiger partial charge in [-0.25, -0.2) is 0 Å². The van der Waals surface area contributed by atoms with Crippen LogP contribution in [-0.2, 0) is 11.3 Å². The lowest BCUT2D eigenvalue weighted by molar-refractivity contribution is -0.0105. The van der Waals surface area contributed by atoms with E-state index in [1.54, 1.807) is 6.26 Å². The van der Waals surface area contributed by atoms with Gasteiger partial charge in [-0.2, -0.15) is 11.8 Å². The van der Waals surface area contributed by atoms with Gasteiger partial charge in [-0.15, -0.1) is 24.0 Å². The average Bonchev–Trinajstić information content (AvgIpc) is 3.45. The van der Waals surface area contributed by atoms with Gasteiger partial charge in [0.2, 0.25) is 0 Å². The molecule has 4 heterocycles. The molecule has 3 aliphatic rings. The zero-order valence-corrected chi connectivity index (χ0v) is 21.1. The minimum Gasteiger partial charge on any atom is -0.379 e. The number of hydrogen-bond acceptors (Lipinski definition) is 7. The molecule has 10 heteroatoms. The number of nitrogens with one attached hydrogen (secondary N) is 1. The van der Waals surface area contributed by atoms with Gasteiger partial charge < -0.3 is 19.5 Å². The maximum atomic E-state index is 5.59. The van der Waals surface area contributed by atoms with E-state index in [-0.39, 0.29) is 29.5 Å². The molecule has 0 aliphatic carbocycles. The number of rotatable bonds is 6. The van der Waals surface area contributed by atoms with Gasteiger partial charge in [-0.1, -0.05) is 5.16 Å². The first-order valence-electron chi connectivity index (χ1n) is 10.8. The molecule has 3 fully saturated rings. The fourth-order valence-electron chi connectivity index (χ4n) is 4.42. The summed E-state index contributed by atoms with van der Waals surface area (Å²) in [6, 6.07) is 1.95. The van der Waals surface area contributed by atoms with Crippen molar-refractivity contribution < 1.29 is 9.26 Å². The standard InChI is InChI=1S/C20H34N6O2S.HI/c1-2-21-19(25-7-5-24(6-8-25)15-18-3-11-28-23-18)22-16-20(4-14-29-17-20)26-9-12-27-13-10-26;/h3,11H,2,4-10,12-17H2,1H3,(H,21,22);1H. The van der Waals surface area contributed by atoms with E-state index in [0.717, 1.165) is 83.8 Å². The third-order valence-corrected chi connectivity index (χ3v) is 7.41. The lowest BCUT2D eigenvalue weighted by Crippen LogP contribution is -2.57. The molecule has 3 saturated heterocycles. The Balaban J connectivity index is 0.00000256. The van der Waals surface area contributed by atoms with Crippen LogP contribution in [0, 0.1) is 0 Å². The predicted molar refractivity (Wildman–Crippen MR) is 132 cm³/mol. The average molecular weight is 551 g/mol. The minimum atomic E-state index is 0. The quantitative estimate of drug-likeness (QED) is 0.326. The Morgan fingerprint density at radius 3 is 2.67 bits per heavy atom. The monoisotopic (exact) mass is 550 g/mol. The Labute approximate surface area is 201 Å². The highest BCUT2D eigenvalue weighted by Gasteiger charge is 2.40. The van der Waals surface area contributed by atoms with Crippen LogP contribution >= 0.6 is 35.7 Å². The predicted octanol–water partition coefficient (Wildman–Crippen LogP) is 1.58. The molecule has 8 nitrogen and oxygen atoms in total. The lowest BCUT2D eigenvalue weighted by atomic mass is 9.96. The summed E-state index contributed by atoms with van der Waals surface area (Å²) in [5.41, 5.74) is 1.20. The maximum absolute atomic E-state index is 5.59. The normalized spacial score (nSPS) is 26.6. The summed E-state index contributed by atoms with van der Waals surface area (Å²) in [7, 11) is 0. The molecule has 1 unspecified atom stereocenters. The van der Waals surface area contributed by atoms with Gasteiger partial charge in [-0.3, -0.25) is 14.8 Å². The van der Waals surface area contributed by atoms with E-state index >= 15 is 0 Å². The van der Waals surface area contributed by atoms with Crippen LogP contribution in [-0.4, -0.2) is 108 Å². The van der Waals surface area contributed by atoms with E-state index in [4.69, 9.17) is 14.3 Å². The van der Waals surface area contributed by atoms with Crippen LogP contribution in [0.15, 0.2) is 21.8 Å². The van der Waals surface area contributed by atoms with Gasteiger partial charge in [0.15, 0.2) is 5.96 Å². The fraction of sp³-hybridized carbons (Fsp3) is 0.800. The highest BCUT2D eigenvalue weighted by atomic mass is 127. The van der Waals surface area contributed by atoms with Crippen molar-refractivity contribution in [2.45, 2.75) is 25.4 Å². The molecule has 0 saturated carbocycles. The van der Waals surface area contributed by atoms with Crippen LogP contribution in [0.1, 0.15) is 19.0 Å². The van der Waals surface area contributed by atoms with Crippen molar-refractivity contribution in [1.82, 2.24) is 25.2 Å². The molecule has 1 N–H and O–H groups in total. The van der Waals surface area contributed by atoms with Gasteiger partial charge >= 0.3 is 0 Å². The summed E-state index contributed by atoms with van der Waals surface area (Å²) in [4.78, 5) is 12.6. The minimum absolute atomic E-state index is 0. The number of nitrogens with zero attached hydrogens (tertiary/aromatic N) is 5. The molecule has 30 heavy (non-hydrogen) atoms. The second-order valence-electron chi connectivity index (χ2n) is 8.05. The second kappa shape index (κ2) is 11.9. The van der Waals surface area contributed by atoms with E-state index in [1.807, 2.05) is 6.07 Å². The number of aromatic nitrogens is 1. The number of hydrogen-bond donors (Lipinski definition) is 1. The Hall–Kier alpha value is -0.560. The van der Waals surface area contributed by atoms with Crippen LogP contribution in [0.2, 0.25) is 0 Å². The van der Waals surface area contributed by atoms with Crippen molar-refractivity contribution in [1.29, 1.82) is 0 Å². The first kappa shape index (κ1) is 24.1. The molecule has 170 valence electrons. The third kappa shape index (κ3) is 6.02. The Bertz CT molecular complexity index is 642. The van der Waals surface area contributed by atoms with Crippen molar-refractivity contribution >= 4 is 41.7 Å². The van der Waals surface area contributed by atoms with Crippen LogP contribution in [0.25, 0.3) is 0 Å². The first-order valence-corrected chi connectivity index (χ1v) is 12.0. The van der Waals surface area contributed by atoms with E-state index in [0.29, 0.717) is 0 Å². The summed E-state index contributed by atoms with van der Waals surface area (Å²) in [6.07, 6.45) is 2.87. The molecule has 0 aromatic carbocycles. The van der Waals surface area contributed by atoms with Crippen molar-refractivity contribution in [2.75, 3.05) is 77.1 Å². The second-order valence-corrected chi connectivity index (χ2v) is 9.16. The van der Waals surface area contributed by atoms with Gasteiger partial charge in [0.05, 0.1) is 31.0 Å². The number of piperazine rings is 1. The number of thioether (sulfide) groups is 1. The first-order chi connectivity index (χ1) is 14.3. The van der Waals surface area contributed by atoms with Gasteiger partial charge in [0.1, 0.15) is 6.26 Å². The molecule has 3 aliphatic heterocycles. The number of aliphatic imine (C=N–C) groups is 1. The SMILES string of the molecule is CCNC(=NCC1(N2CCOCC2)CCSC1)N1CCN(Cc2ccon2)CC1.I. The molecule has 1 atom stereocenters. The van der Waals surface area contributed by atoms with Gasteiger partial charge in [0, 0.05) is 64.2 Å². The van der Waals surface area contributed by atoms with Crippen molar-refractivity contribution in [2.24, 2.45) is 4.99 Å². The molecule has 0 spiro atoms. The molecule has 4 rings (SSSR count). The third-order valence-electron chi connectivity index (χ3n) is 6.17. The van der Waals surface area contributed by atoms with Crippen LogP contribution in [0.5, 0.6) is 0 Å². The molecule has 0 bridgehead atoms. The number of ether oxygens (including phenoxy) is 1. The fourth-order valence-corrected chi connectivity index (χ4v) is 5.89.